The van der Waals surface area contributed by atoms with E-state index in [2.05, 4.69) is 0 Å². The van der Waals surface area contributed by atoms with Crippen molar-refractivity contribution < 1.29 is 13.5 Å². The summed E-state index contributed by atoms with van der Waals surface area (Å²) in [6, 6.07) is 13.2. The third kappa shape index (κ3) is 1.91. The molecule has 5 heteroatoms. The van der Waals surface area contributed by atoms with Gasteiger partial charge in [-0.05, 0) is 24.3 Å². The topological polar surface area (TPSA) is 54.4 Å². The molecular weight excluding hydrogens is 280 g/mol. The first-order valence-electron chi connectivity index (χ1n) is 5.60. The molecule has 0 fully saturated rings. The maximum Gasteiger partial charge on any atom is 0.207 e. The Morgan fingerprint density at radius 2 is 1.68 bits per heavy atom. The number of thiophene rings is 1. The van der Waals surface area contributed by atoms with Crippen molar-refractivity contribution in [2.45, 2.75) is 9.79 Å². The van der Waals surface area contributed by atoms with Crippen molar-refractivity contribution in [3.8, 4) is 5.75 Å². The van der Waals surface area contributed by atoms with Gasteiger partial charge in [0, 0.05) is 10.1 Å². The summed E-state index contributed by atoms with van der Waals surface area (Å²) in [4.78, 5) is 0.378. The summed E-state index contributed by atoms with van der Waals surface area (Å²) in [6.45, 7) is 0. The SMILES string of the molecule is O=S(=O)(c1ccccc1)c1cccc2scc(O)c12. The largest absolute Gasteiger partial charge is 0.506 e. The zero-order chi connectivity index (χ0) is 13.5. The minimum absolute atomic E-state index is 0.00936. The van der Waals surface area contributed by atoms with Gasteiger partial charge in [0.25, 0.3) is 0 Å². The van der Waals surface area contributed by atoms with E-state index < -0.39 is 9.84 Å². The fraction of sp³-hybridized carbons (Fsp3) is 0. The second-order valence-corrected chi connectivity index (χ2v) is 6.90. The number of aromatic hydroxyl groups is 1. The fourth-order valence-corrected chi connectivity index (χ4v) is 4.41. The summed E-state index contributed by atoms with van der Waals surface area (Å²) in [5.41, 5.74) is 0. The maximum atomic E-state index is 12.6. The molecule has 1 N–H and O–H groups in total. The van der Waals surface area contributed by atoms with Gasteiger partial charge in [0.2, 0.25) is 9.84 Å². The second-order valence-electron chi connectivity index (χ2n) is 4.07. The van der Waals surface area contributed by atoms with Gasteiger partial charge in [0.05, 0.1) is 15.2 Å². The molecule has 3 aromatic rings. The van der Waals surface area contributed by atoms with E-state index in [9.17, 15) is 13.5 Å². The lowest BCUT2D eigenvalue weighted by atomic mass is 10.2. The summed E-state index contributed by atoms with van der Waals surface area (Å²) >= 11 is 1.32. The third-order valence-electron chi connectivity index (χ3n) is 2.88. The molecule has 1 aromatic heterocycles. The van der Waals surface area contributed by atoms with E-state index in [1.165, 1.54) is 17.4 Å². The standard InChI is InChI=1S/C14H10O3S2/c15-11-9-18-12-7-4-8-13(14(11)12)19(16,17)10-5-2-1-3-6-10/h1-9,15H. The van der Waals surface area contributed by atoms with Crippen LogP contribution in [0.4, 0.5) is 0 Å². The van der Waals surface area contributed by atoms with Crippen molar-refractivity contribution in [3.05, 3.63) is 53.9 Å². The molecule has 1 heterocycles. The molecule has 0 spiro atoms. The first kappa shape index (κ1) is 12.2. The van der Waals surface area contributed by atoms with E-state index in [-0.39, 0.29) is 15.5 Å². The number of fused-ring (bicyclic) bond motifs is 1. The van der Waals surface area contributed by atoms with E-state index in [1.807, 2.05) is 0 Å². The molecule has 2 aromatic carbocycles. The van der Waals surface area contributed by atoms with Gasteiger partial charge in [-0.15, -0.1) is 11.3 Å². The molecule has 0 radical (unpaired) electrons. The van der Waals surface area contributed by atoms with Gasteiger partial charge < -0.3 is 5.11 Å². The van der Waals surface area contributed by atoms with Crippen LogP contribution in [0, 0.1) is 0 Å². The van der Waals surface area contributed by atoms with Gasteiger partial charge in [-0.3, -0.25) is 0 Å². The predicted molar refractivity (Wildman–Crippen MR) is 75.4 cm³/mol. The number of benzene rings is 2. The Labute approximate surface area is 114 Å². The molecule has 3 nitrogen and oxygen atoms in total. The zero-order valence-corrected chi connectivity index (χ0v) is 11.4. The first-order chi connectivity index (χ1) is 9.10. The van der Waals surface area contributed by atoms with E-state index in [4.69, 9.17) is 0 Å². The van der Waals surface area contributed by atoms with Crippen molar-refractivity contribution in [3.63, 3.8) is 0 Å². The highest BCUT2D eigenvalue weighted by Crippen LogP contribution is 2.37. The molecule has 19 heavy (non-hydrogen) atoms. The van der Waals surface area contributed by atoms with Crippen LogP contribution in [0.3, 0.4) is 0 Å². The monoisotopic (exact) mass is 290 g/mol. The molecule has 0 aliphatic heterocycles. The lowest BCUT2D eigenvalue weighted by Crippen LogP contribution is -2.01. The van der Waals surface area contributed by atoms with Gasteiger partial charge in [0.1, 0.15) is 5.75 Å². The summed E-state index contributed by atoms with van der Waals surface area (Å²) < 4.78 is 25.9. The minimum Gasteiger partial charge on any atom is -0.506 e. The van der Waals surface area contributed by atoms with Gasteiger partial charge in [0.15, 0.2) is 0 Å². The highest BCUT2D eigenvalue weighted by molar-refractivity contribution is 7.91. The lowest BCUT2D eigenvalue weighted by molar-refractivity contribution is 0.482. The lowest BCUT2D eigenvalue weighted by Gasteiger charge is -2.06. The molecule has 0 bridgehead atoms. The van der Waals surface area contributed by atoms with Crippen molar-refractivity contribution in [2.75, 3.05) is 0 Å². The fourth-order valence-electron chi connectivity index (χ4n) is 1.99. The van der Waals surface area contributed by atoms with E-state index >= 15 is 0 Å². The maximum absolute atomic E-state index is 12.6. The number of hydrogen-bond acceptors (Lipinski definition) is 4. The number of hydrogen-bond donors (Lipinski definition) is 1. The van der Waals surface area contributed by atoms with Crippen LogP contribution in [-0.4, -0.2) is 13.5 Å². The Bertz CT molecular complexity index is 834. The van der Waals surface area contributed by atoms with Gasteiger partial charge in [-0.1, -0.05) is 24.3 Å². The molecule has 0 atom stereocenters. The molecule has 0 saturated carbocycles. The van der Waals surface area contributed by atoms with Gasteiger partial charge in [-0.25, -0.2) is 8.42 Å². The molecule has 0 unspecified atom stereocenters. The van der Waals surface area contributed by atoms with E-state index in [0.29, 0.717) is 5.39 Å². The average molecular weight is 290 g/mol. The van der Waals surface area contributed by atoms with Crippen LogP contribution in [0.5, 0.6) is 5.75 Å². The Morgan fingerprint density at radius 3 is 2.42 bits per heavy atom. The molecular formula is C14H10O3S2. The molecule has 0 amide bonds. The van der Waals surface area contributed by atoms with Gasteiger partial charge in [-0.2, -0.15) is 0 Å². The highest BCUT2D eigenvalue weighted by atomic mass is 32.2. The second kappa shape index (κ2) is 4.36. The molecule has 3 rings (SSSR count). The van der Waals surface area contributed by atoms with Crippen molar-refractivity contribution in [1.82, 2.24) is 0 Å². The van der Waals surface area contributed by atoms with Gasteiger partial charge >= 0.3 is 0 Å². The van der Waals surface area contributed by atoms with E-state index in [0.717, 1.165) is 4.70 Å². The number of rotatable bonds is 2. The van der Waals surface area contributed by atoms with Crippen LogP contribution in [0.2, 0.25) is 0 Å². The Balaban J connectivity index is 2.34. The van der Waals surface area contributed by atoms with Crippen LogP contribution in [-0.2, 0) is 9.84 Å². The first-order valence-corrected chi connectivity index (χ1v) is 7.96. The molecule has 96 valence electrons. The zero-order valence-electron chi connectivity index (χ0n) is 9.78. The van der Waals surface area contributed by atoms with Crippen molar-refractivity contribution >= 4 is 31.3 Å². The molecule has 0 aliphatic carbocycles. The molecule has 0 aliphatic rings. The summed E-state index contributed by atoms with van der Waals surface area (Å²) in [5, 5.41) is 11.8. The molecule has 0 saturated heterocycles. The highest BCUT2D eigenvalue weighted by Gasteiger charge is 2.22. The third-order valence-corrected chi connectivity index (χ3v) is 5.63. The van der Waals surface area contributed by atoms with Crippen molar-refractivity contribution in [1.29, 1.82) is 0 Å². The quantitative estimate of drug-likeness (QED) is 0.786. The number of sulfone groups is 1. The minimum atomic E-state index is -3.61. The summed E-state index contributed by atoms with van der Waals surface area (Å²) in [6.07, 6.45) is 0. The van der Waals surface area contributed by atoms with Crippen LogP contribution >= 0.6 is 11.3 Å². The van der Waals surface area contributed by atoms with E-state index in [1.54, 1.807) is 47.8 Å². The van der Waals surface area contributed by atoms with Crippen LogP contribution in [0.25, 0.3) is 10.1 Å². The summed E-state index contributed by atoms with van der Waals surface area (Å²) in [5.74, 6) is 0.00936. The Kier molecular flexibility index (Phi) is 2.80. The predicted octanol–water partition coefficient (Wildman–Crippen LogP) is 3.44. The van der Waals surface area contributed by atoms with Crippen LogP contribution in [0.1, 0.15) is 0 Å². The normalized spacial score (nSPS) is 11.8. The Morgan fingerprint density at radius 1 is 0.947 bits per heavy atom. The average Bonchev–Trinajstić information content (AvgIpc) is 2.82. The van der Waals surface area contributed by atoms with Crippen LogP contribution < -0.4 is 0 Å². The summed E-state index contributed by atoms with van der Waals surface area (Å²) in [7, 11) is -3.61. The Hall–Kier alpha value is -1.85. The van der Waals surface area contributed by atoms with Crippen LogP contribution in [0.15, 0.2) is 63.7 Å². The smallest absolute Gasteiger partial charge is 0.207 e. The van der Waals surface area contributed by atoms with Crippen molar-refractivity contribution in [2.24, 2.45) is 0 Å².